The van der Waals surface area contributed by atoms with Crippen LogP contribution in [-0.4, -0.2) is 11.7 Å². The molecule has 0 saturated heterocycles. The summed E-state index contributed by atoms with van der Waals surface area (Å²) in [6, 6.07) is 2.66. The molecule has 0 saturated carbocycles. The zero-order valence-corrected chi connectivity index (χ0v) is 8.68. The first kappa shape index (κ1) is 11.3. The molecule has 1 atom stereocenters. The Balaban J connectivity index is 3.07. The van der Waals surface area contributed by atoms with Crippen LogP contribution in [-0.2, 0) is 0 Å². The predicted molar refractivity (Wildman–Crippen MR) is 55.2 cm³/mol. The third-order valence-electron chi connectivity index (χ3n) is 2.19. The van der Waals surface area contributed by atoms with Gasteiger partial charge in [0.05, 0.1) is 0 Å². The SMILES string of the molecule is CC(CCN)c1cc(Cl)cc(F)c1O. The van der Waals surface area contributed by atoms with Crippen molar-refractivity contribution in [2.75, 3.05) is 6.54 Å². The van der Waals surface area contributed by atoms with Gasteiger partial charge < -0.3 is 10.8 Å². The Bertz CT molecular complexity index is 330. The molecule has 0 heterocycles. The molecule has 4 heteroatoms. The highest BCUT2D eigenvalue weighted by atomic mass is 35.5. The van der Waals surface area contributed by atoms with Gasteiger partial charge in [0.25, 0.3) is 0 Å². The van der Waals surface area contributed by atoms with Gasteiger partial charge in [0.15, 0.2) is 11.6 Å². The first-order valence-electron chi connectivity index (χ1n) is 4.44. The van der Waals surface area contributed by atoms with Gasteiger partial charge in [-0.3, -0.25) is 0 Å². The smallest absolute Gasteiger partial charge is 0.166 e. The van der Waals surface area contributed by atoms with Crippen molar-refractivity contribution in [3.8, 4) is 5.75 Å². The van der Waals surface area contributed by atoms with Crippen LogP contribution in [0.5, 0.6) is 5.75 Å². The molecular weight excluding hydrogens is 205 g/mol. The predicted octanol–water partition coefficient (Wildman–Crippen LogP) is 2.64. The fourth-order valence-electron chi connectivity index (χ4n) is 1.37. The van der Waals surface area contributed by atoms with E-state index in [9.17, 15) is 9.50 Å². The van der Waals surface area contributed by atoms with E-state index in [1.165, 1.54) is 0 Å². The van der Waals surface area contributed by atoms with E-state index in [4.69, 9.17) is 17.3 Å². The van der Waals surface area contributed by atoms with Crippen molar-refractivity contribution in [3.05, 3.63) is 28.5 Å². The molecule has 3 N–H and O–H groups in total. The Labute approximate surface area is 87.5 Å². The van der Waals surface area contributed by atoms with Gasteiger partial charge in [0, 0.05) is 10.6 Å². The van der Waals surface area contributed by atoms with Crippen molar-refractivity contribution in [2.24, 2.45) is 5.73 Å². The minimum Gasteiger partial charge on any atom is -0.505 e. The summed E-state index contributed by atoms with van der Waals surface area (Å²) in [6.07, 6.45) is 0.688. The Morgan fingerprint density at radius 1 is 1.57 bits per heavy atom. The van der Waals surface area contributed by atoms with Crippen molar-refractivity contribution in [2.45, 2.75) is 19.3 Å². The lowest BCUT2D eigenvalue weighted by Crippen LogP contribution is -2.05. The lowest BCUT2D eigenvalue weighted by molar-refractivity contribution is 0.420. The van der Waals surface area contributed by atoms with E-state index in [1.54, 1.807) is 6.07 Å². The first-order valence-corrected chi connectivity index (χ1v) is 4.82. The molecular formula is C10H13ClFNO. The van der Waals surface area contributed by atoms with Crippen LogP contribution < -0.4 is 5.73 Å². The minimum absolute atomic E-state index is 0.00759. The van der Waals surface area contributed by atoms with Gasteiger partial charge in [-0.1, -0.05) is 18.5 Å². The van der Waals surface area contributed by atoms with Crippen molar-refractivity contribution >= 4 is 11.6 Å². The maximum Gasteiger partial charge on any atom is 0.166 e. The highest BCUT2D eigenvalue weighted by molar-refractivity contribution is 6.30. The molecule has 1 aromatic rings. The molecule has 2 nitrogen and oxygen atoms in total. The maximum atomic E-state index is 13.1. The van der Waals surface area contributed by atoms with Crippen LogP contribution in [0, 0.1) is 5.82 Å². The van der Waals surface area contributed by atoms with Crippen LogP contribution in [0.2, 0.25) is 5.02 Å². The van der Waals surface area contributed by atoms with Gasteiger partial charge in [-0.05, 0) is 31.0 Å². The molecule has 0 aromatic heterocycles. The summed E-state index contributed by atoms with van der Waals surface area (Å²) < 4.78 is 13.1. The second-order valence-electron chi connectivity index (χ2n) is 3.30. The molecule has 1 aromatic carbocycles. The molecule has 78 valence electrons. The molecule has 0 bridgehead atoms. The number of rotatable bonds is 3. The lowest BCUT2D eigenvalue weighted by atomic mass is 9.97. The largest absolute Gasteiger partial charge is 0.505 e. The number of nitrogens with two attached hydrogens (primary N) is 1. The van der Waals surface area contributed by atoms with Gasteiger partial charge in [-0.15, -0.1) is 0 Å². The standard InChI is InChI=1S/C10H13ClFNO/c1-6(2-3-13)8-4-7(11)5-9(12)10(8)14/h4-6,14H,2-3,13H2,1H3. The molecule has 1 unspecified atom stereocenters. The summed E-state index contributed by atoms with van der Waals surface area (Å²) in [5, 5.41) is 9.74. The Morgan fingerprint density at radius 3 is 2.79 bits per heavy atom. The number of aromatic hydroxyl groups is 1. The van der Waals surface area contributed by atoms with E-state index < -0.39 is 5.82 Å². The van der Waals surface area contributed by atoms with Gasteiger partial charge in [0.1, 0.15) is 0 Å². The number of phenolic OH excluding ortho intramolecular Hbond substituents is 1. The average molecular weight is 218 g/mol. The van der Waals surface area contributed by atoms with E-state index in [-0.39, 0.29) is 11.7 Å². The topological polar surface area (TPSA) is 46.2 Å². The van der Waals surface area contributed by atoms with Gasteiger partial charge >= 0.3 is 0 Å². The van der Waals surface area contributed by atoms with Gasteiger partial charge in [-0.2, -0.15) is 0 Å². The molecule has 0 aliphatic carbocycles. The van der Waals surface area contributed by atoms with Crippen molar-refractivity contribution in [1.29, 1.82) is 0 Å². The van der Waals surface area contributed by atoms with E-state index in [1.807, 2.05) is 6.92 Å². The summed E-state index contributed by atoms with van der Waals surface area (Å²) in [4.78, 5) is 0. The third-order valence-corrected chi connectivity index (χ3v) is 2.41. The number of phenols is 1. The Morgan fingerprint density at radius 2 is 2.21 bits per heavy atom. The van der Waals surface area contributed by atoms with Gasteiger partial charge in [0.2, 0.25) is 0 Å². The van der Waals surface area contributed by atoms with E-state index >= 15 is 0 Å². The van der Waals surface area contributed by atoms with Crippen LogP contribution >= 0.6 is 11.6 Å². The van der Waals surface area contributed by atoms with E-state index in [0.29, 0.717) is 23.6 Å². The van der Waals surface area contributed by atoms with Crippen LogP contribution in [0.3, 0.4) is 0 Å². The van der Waals surface area contributed by atoms with Crippen molar-refractivity contribution in [1.82, 2.24) is 0 Å². The molecule has 0 radical (unpaired) electrons. The molecule has 14 heavy (non-hydrogen) atoms. The lowest BCUT2D eigenvalue weighted by Gasteiger charge is -2.13. The summed E-state index contributed by atoms with van der Waals surface area (Å²) in [5.41, 5.74) is 5.90. The highest BCUT2D eigenvalue weighted by Crippen LogP contribution is 2.32. The number of benzene rings is 1. The van der Waals surface area contributed by atoms with Crippen LogP contribution in [0.25, 0.3) is 0 Å². The number of hydrogen-bond acceptors (Lipinski definition) is 2. The third kappa shape index (κ3) is 2.36. The molecule has 0 fully saturated rings. The zero-order chi connectivity index (χ0) is 10.7. The molecule has 1 rings (SSSR count). The second kappa shape index (κ2) is 4.62. The summed E-state index contributed by atoms with van der Waals surface area (Å²) in [5.74, 6) is -1.00. The quantitative estimate of drug-likeness (QED) is 0.818. The Hall–Kier alpha value is -0.800. The normalized spacial score (nSPS) is 12.9. The fraction of sp³-hybridized carbons (Fsp3) is 0.400. The summed E-state index contributed by atoms with van der Waals surface area (Å²) in [6.45, 7) is 2.37. The summed E-state index contributed by atoms with van der Waals surface area (Å²) >= 11 is 5.68. The molecule has 0 spiro atoms. The monoisotopic (exact) mass is 217 g/mol. The van der Waals surface area contributed by atoms with Gasteiger partial charge in [-0.25, -0.2) is 4.39 Å². The van der Waals surface area contributed by atoms with Crippen LogP contribution in [0.4, 0.5) is 4.39 Å². The van der Waals surface area contributed by atoms with Crippen molar-refractivity contribution < 1.29 is 9.50 Å². The maximum absolute atomic E-state index is 13.1. The first-order chi connectivity index (χ1) is 6.56. The van der Waals surface area contributed by atoms with E-state index in [2.05, 4.69) is 0 Å². The van der Waals surface area contributed by atoms with Crippen LogP contribution in [0.1, 0.15) is 24.8 Å². The second-order valence-corrected chi connectivity index (χ2v) is 3.74. The summed E-state index contributed by atoms with van der Waals surface area (Å²) in [7, 11) is 0. The minimum atomic E-state index is -0.684. The van der Waals surface area contributed by atoms with Crippen LogP contribution in [0.15, 0.2) is 12.1 Å². The molecule has 0 aliphatic heterocycles. The number of halogens is 2. The highest BCUT2D eigenvalue weighted by Gasteiger charge is 2.14. The average Bonchev–Trinajstić information content (AvgIpc) is 2.11. The number of hydrogen-bond donors (Lipinski definition) is 2. The fourth-order valence-corrected chi connectivity index (χ4v) is 1.58. The molecule has 0 amide bonds. The molecule has 0 aliphatic rings. The zero-order valence-electron chi connectivity index (χ0n) is 7.93. The van der Waals surface area contributed by atoms with Crippen molar-refractivity contribution in [3.63, 3.8) is 0 Å². The Kier molecular flexibility index (Phi) is 3.72. The van der Waals surface area contributed by atoms with E-state index in [0.717, 1.165) is 6.07 Å².